The lowest BCUT2D eigenvalue weighted by Crippen LogP contribution is -2.47. The molecule has 3 aliphatic rings. The minimum atomic E-state index is -0.255. The van der Waals surface area contributed by atoms with Gasteiger partial charge in [-0.15, -0.1) is 0 Å². The number of carbonyl (C=O) groups is 1. The van der Waals surface area contributed by atoms with E-state index in [0.29, 0.717) is 19.1 Å². The average molecular weight is 357 g/mol. The SMILES string of the molecule is COCCOC1CCN(C(=O)[C@]2(c3ccccc3)CC23CCCC3)CC1. The van der Waals surface area contributed by atoms with Gasteiger partial charge in [-0.1, -0.05) is 43.2 Å². The molecule has 0 aromatic heterocycles. The summed E-state index contributed by atoms with van der Waals surface area (Å²) in [5.41, 5.74) is 1.22. The maximum absolute atomic E-state index is 13.7. The van der Waals surface area contributed by atoms with Crippen molar-refractivity contribution in [1.82, 2.24) is 4.90 Å². The molecule has 4 rings (SSSR count). The van der Waals surface area contributed by atoms with Crippen molar-refractivity contribution in [3.05, 3.63) is 35.9 Å². The normalized spacial score (nSPS) is 27.8. The number of rotatable bonds is 6. The second-order valence-electron chi connectivity index (χ2n) is 8.29. The number of methoxy groups -OCH3 is 1. The standard InChI is InChI=1S/C22H31NO3/c1-25-15-16-26-19-9-13-23(14-10-19)20(24)22(18-7-3-2-4-8-18)17-21(22)11-5-6-12-21/h2-4,7-8,19H,5-6,9-17H2,1H3/t22-/m1/s1. The van der Waals surface area contributed by atoms with E-state index in [1.807, 2.05) is 6.07 Å². The molecule has 2 saturated carbocycles. The molecule has 1 atom stereocenters. The molecule has 1 aromatic rings. The Morgan fingerprint density at radius 3 is 2.46 bits per heavy atom. The van der Waals surface area contributed by atoms with Gasteiger partial charge in [-0.3, -0.25) is 4.79 Å². The van der Waals surface area contributed by atoms with E-state index in [-0.39, 0.29) is 16.9 Å². The third-order valence-corrected chi connectivity index (χ3v) is 6.95. The average Bonchev–Trinajstić information content (AvgIpc) is 3.09. The van der Waals surface area contributed by atoms with E-state index >= 15 is 0 Å². The quantitative estimate of drug-likeness (QED) is 0.731. The van der Waals surface area contributed by atoms with Crippen LogP contribution in [0.5, 0.6) is 0 Å². The molecule has 26 heavy (non-hydrogen) atoms. The molecule has 1 aliphatic heterocycles. The van der Waals surface area contributed by atoms with Crippen LogP contribution in [0.2, 0.25) is 0 Å². The van der Waals surface area contributed by atoms with Crippen molar-refractivity contribution in [2.75, 3.05) is 33.4 Å². The van der Waals surface area contributed by atoms with Gasteiger partial charge in [0.25, 0.3) is 0 Å². The first kappa shape index (κ1) is 18.0. The Morgan fingerprint density at radius 1 is 1.12 bits per heavy atom. The smallest absolute Gasteiger partial charge is 0.233 e. The van der Waals surface area contributed by atoms with Crippen LogP contribution in [0.3, 0.4) is 0 Å². The number of hydrogen-bond donors (Lipinski definition) is 0. The van der Waals surface area contributed by atoms with Gasteiger partial charge in [0.1, 0.15) is 0 Å². The van der Waals surface area contributed by atoms with Crippen LogP contribution in [0.4, 0.5) is 0 Å². The fraction of sp³-hybridized carbons (Fsp3) is 0.682. The summed E-state index contributed by atoms with van der Waals surface area (Å²) in [7, 11) is 1.70. The van der Waals surface area contributed by atoms with E-state index in [1.165, 1.54) is 31.2 Å². The lowest BCUT2D eigenvalue weighted by atomic mass is 9.83. The minimum absolute atomic E-state index is 0.233. The first-order chi connectivity index (χ1) is 12.7. The summed E-state index contributed by atoms with van der Waals surface area (Å²) in [4.78, 5) is 15.8. The highest BCUT2D eigenvalue weighted by Gasteiger charge is 2.73. The molecule has 4 heteroatoms. The molecule has 1 heterocycles. The highest BCUT2D eigenvalue weighted by molar-refractivity contribution is 5.93. The van der Waals surface area contributed by atoms with Gasteiger partial charge in [0.2, 0.25) is 5.91 Å². The van der Waals surface area contributed by atoms with Crippen LogP contribution in [0, 0.1) is 5.41 Å². The van der Waals surface area contributed by atoms with Gasteiger partial charge >= 0.3 is 0 Å². The fourth-order valence-electron chi connectivity index (χ4n) is 5.47. The van der Waals surface area contributed by atoms with Crippen molar-refractivity contribution >= 4 is 5.91 Å². The van der Waals surface area contributed by atoms with Crippen molar-refractivity contribution in [2.24, 2.45) is 5.41 Å². The second-order valence-corrected chi connectivity index (χ2v) is 8.29. The Balaban J connectivity index is 1.46. The summed E-state index contributed by atoms with van der Waals surface area (Å²) in [5.74, 6) is 0.376. The Bertz CT molecular complexity index is 618. The molecule has 2 aliphatic carbocycles. The van der Waals surface area contributed by atoms with Crippen LogP contribution in [-0.4, -0.2) is 50.3 Å². The van der Waals surface area contributed by atoms with Crippen LogP contribution in [0.25, 0.3) is 0 Å². The number of nitrogens with zero attached hydrogens (tertiary/aromatic N) is 1. The number of benzene rings is 1. The third kappa shape index (κ3) is 2.97. The number of likely N-dealkylation sites (tertiary alicyclic amines) is 1. The monoisotopic (exact) mass is 357 g/mol. The Hall–Kier alpha value is -1.39. The third-order valence-electron chi connectivity index (χ3n) is 6.95. The lowest BCUT2D eigenvalue weighted by Gasteiger charge is -2.36. The molecule has 142 valence electrons. The van der Waals surface area contributed by atoms with Crippen molar-refractivity contribution in [3.8, 4) is 0 Å². The molecule has 0 N–H and O–H groups in total. The summed E-state index contributed by atoms with van der Waals surface area (Å²) in [6.07, 6.45) is 8.16. The van der Waals surface area contributed by atoms with E-state index in [4.69, 9.17) is 9.47 Å². The Morgan fingerprint density at radius 2 is 1.81 bits per heavy atom. The summed E-state index contributed by atoms with van der Waals surface area (Å²) < 4.78 is 10.9. The predicted octanol–water partition coefficient (Wildman–Crippen LogP) is 3.54. The molecule has 0 bridgehead atoms. The molecule has 1 spiro atoms. The van der Waals surface area contributed by atoms with E-state index in [2.05, 4.69) is 29.2 Å². The van der Waals surface area contributed by atoms with Gasteiger partial charge in [-0.05, 0) is 43.1 Å². The van der Waals surface area contributed by atoms with Crippen LogP contribution >= 0.6 is 0 Å². The van der Waals surface area contributed by atoms with Crippen LogP contribution in [-0.2, 0) is 19.7 Å². The van der Waals surface area contributed by atoms with Crippen LogP contribution in [0.1, 0.15) is 50.5 Å². The minimum Gasteiger partial charge on any atom is -0.382 e. The van der Waals surface area contributed by atoms with Gasteiger partial charge in [-0.25, -0.2) is 0 Å². The van der Waals surface area contributed by atoms with Crippen molar-refractivity contribution in [1.29, 1.82) is 0 Å². The maximum Gasteiger partial charge on any atom is 0.233 e. The molecule has 3 fully saturated rings. The number of ether oxygens (including phenoxy) is 2. The molecule has 0 radical (unpaired) electrons. The van der Waals surface area contributed by atoms with Gasteiger partial charge < -0.3 is 14.4 Å². The summed E-state index contributed by atoms with van der Waals surface area (Å²) >= 11 is 0. The first-order valence-corrected chi connectivity index (χ1v) is 10.2. The number of piperidine rings is 1. The zero-order valence-corrected chi connectivity index (χ0v) is 15.9. The van der Waals surface area contributed by atoms with Crippen LogP contribution < -0.4 is 0 Å². The van der Waals surface area contributed by atoms with Crippen molar-refractivity contribution in [2.45, 2.75) is 56.5 Å². The highest BCUT2D eigenvalue weighted by Crippen LogP contribution is 2.72. The van der Waals surface area contributed by atoms with E-state index < -0.39 is 0 Å². The molecular weight excluding hydrogens is 326 g/mol. The lowest BCUT2D eigenvalue weighted by molar-refractivity contribution is -0.138. The Kier molecular flexibility index (Phi) is 5.07. The highest BCUT2D eigenvalue weighted by atomic mass is 16.5. The van der Waals surface area contributed by atoms with Crippen molar-refractivity contribution in [3.63, 3.8) is 0 Å². The molecule has 1 aromatic carbocycles. The summed E-state index contributed by atoms with van der Waals surface area (Å²) in [5, 5.41) is 0. The number of hydrogen-bond acceptors (Lipinski definition) is 3. The molecular formula is C22H31NO3. The van der Waals surface area contributed by atoms with Gasteiger partial charge in [0, 0.05) is 20.2 Å². The number of carbonyl (C=O) groups excluding carboxylic acids is 1. The Labute approximate surface area is 156 Å². The van der Waals surface area contributed by atoms with Crippen LogP contribution in [0.15, 0.2) is 30.3 Å². The van der Waals surface area contributed by atoms with Gasteiger partial charge in [0.05, 0.1) is 24.7 Å². The number of amides is 1. The van der Waals surface area contributed by atoms with Crippen molar-refractivity contribution < 1.29 is 14.3 Å². The first-order valence-electron chi connectivity index (χ1n) is 10.2. The predicted molar refractivity (Wildman–Crippen MR) is 101 cm³/mol. The summed E-state index contributed by atoms with van der Waals surface area (Å²) in [6.45, 7) is 2.92. The van der Waals surface area contributed by atoms with Gasteiger partial charge in [-0.2, -0.15) is 0 Å². The molecule has 1 amide bonds. The molecule has 4 nitrogen and oxygen atoms in total. The van der Waals surface area contributed by atoms with E-state index in [1.54, 1.807) is 7.11 Å². The van der Waals surface area contributed by atoms with E-state index in [9.17, 15) is 4.79 Å². The second kappa shape index (κ2) is 7.32. The molecule has 1 saturated heterocycles. The van der Waals surface area contributed by atoms with Gasteiger partial charge in [0.15, 0.2) is 0 Å². The van der Waals surface area contributed by atoms with E-state index in [0.717, 1.165) is 32.4 Å². The maximum atomic E-state index is 13.7. The molecule has 0 unspecified atom stereocenters. The zero-order chi connectivity index (χ0) is 18.0. The largest absolute Gasteiger partial charge is 0.382 e. The fourth-order valence-corrected chi connectivity index (χ4v) is 5.47. The zero-order valence-electron chi connectivity index (χ0n) is 15.9. The topological polar surface area (TPSA) is 38.8 Å². The summed E-state index contributed by atoms with van der Waals surface area (Å²) in [6, 6.07) is 10.6.